The highest BCUT2D eigenvalue weighted by atomic mass is 32.2. The van der Waals surface area contributed by atoms with Crippen LogP contribution in [0.25, 0.3) is 0 Å². The summed E-state index contributed by atoms with van der Waals surface area (Å²) in [5.41, 5.74) is 4.50. The van der Waals surface area contributed by atoms with Crippen molar-refractivity contribution in [3.8, 4) is 0 Å². The maximum Gasteiger partial charge on any atom is 0.240 e. The van der Waals surface area contributed by atoms with Crippen molar-refractivity contribution >= 4 is 10.0 Å². The van der Waals surface area contributed by atoms with Gasteiger partial charge in [0.15, 0.2) is 0 Å². The van der Waals surface area contributed by atoms with E-state index in [2.05, 4.69) is 54.3 Å². The molecule has 0 atom stereocenters. The number of sulfonamides is 1. The van der Waals surface area contributed by atoms with E-state index in [-0.39, 0.29) is 6.54 Å². The Hall–Kier alpha value is -2.37. The van der Waals surface area contributed by atoms with Crippen LogP contribution in [0.15, 0.2) is 71.8 Å². The fourth-order valence-electron chi connectivity index (χ4n) is 3.18. The Kier molecular flexibility index (Phi) is 6.37. The molecule has 0 fully saturated rings. The molecule has 0 bridgehead atoms. The lowest BCUT2D eigenvalue weighted by molar-refractivity contribution is 0.578. The van der Waals surface area contributed by atoms with E-state index in [4.69, 9.17) is 0 Å². The summed E-state index contributed by atoms with van der Waals surface area (Å²) >= 11 is 0. The van der Waals surface area contributed by atoms with E-state index >= 15 is 0 Å². The number of benzene rings is 2. The summed E-state index contributed by atoms with van der Waals surface area (Å²) in [7, 11) is -3.54. The molecule has 0 radical (unpaired) electrons. The zero-order chi connectivity index (χ0) is 20.1. The Morgan fingerprint density at radius 1 is 0.929 bits per heavy atom. The van der Waals surface area contributed by atoms with Crippen LogP contribution in [-0.4, -0.2) is 13.0 Å². The van der Waals surface area contributed by atoms with Gasteiger partial charge in [-0.15, -0.1) is 0 Å². The van der Waals surface area contributed by atoms with Gasteiger partial charge in [-0.1, -0.05) is 55.8 Å². The molecule has 28 heavy (non-hydrogen) atoms. The monoisotopic (exact) mass is 396 g/mol. The van der Waals surface area contributed by atoms with E-state index in [0.29, 0.717) is 17.4 Å². The fraction of sp³-hybridized carbons (Fsp3) is 0.304. The maximum absolute atomic E-state index is 12.6. The average molecular weight is 397 g/mol. The Balaban J connectivity index is 1.66. The number of hydrogen-bond donors (Lipinski definition) is 1. The molecule has 5 heteroatoms. The lowest BCUT2D eigenvalue weighted by Gasteiger charge is -2.12. The van der Waals surface area contributed by atoms with Crippen LogP contribution in [0.1, 0.15) is 36.2 Å². The van der Waals surface area contributed by atoms with Gasteiger partial charge in [-0.3, -0.25) is 0 Å². The van der Waals surface area contributed by atoms with Crippen LogP contribution >= 0.6 is 0 Å². The molecule has 0 aliphatic rings. The van der Waals surface area contributed by atoms with Gasteiger partial charge in [0.1, 0.15) is 0 Å². The number of nitrogens with zero attached hydrogens (tertiary/aromatic N) is 1. The van der Waals surface area contributed by atoms with Crippen LogP contribution < -0.4 is 4.72 Å². The van der Waals surface area contributed by atoms with E-state index in [1.165, 1.54) is 11.1 Å². The lowest BCUT2D eigenvalue weighted by atomic mass is 10.0. The largest absolute Gasteiger partial charge is 0.346 e. The van der Waals surface area contributed by atoms with Gasteiger partial charge in [0, 0.05) is 18.4 Å². The van der Waals surface area contributed by atoms with Crippen LogP contribution in [0, 0.1) is 12.8 Å². The smallest absolute Gasteiger partial charge is 0.240 e. The number of hydrogen-bond acceptors (Lipinski definition) is 2. The third kappa shape index (κ3) is 5.33. The summed E-state index contributed by atoms with van der Waals surface area (Å²) in [5.74, 6) is 0.543. The summed E-state index contributed by atoms with van der Waals surface area (Å²) in [5, 5.41) is 0. The van der Waals surface area contributed by atoms with Gasteiger partial charge in [-0.2, -0.15) is 0 Å². The van der Waals surface area contributed by atoms with Crippen LogP contribution in [0.5, 0.6) is 0 Å². The van der Waals surface area contributed by atoms with Crippen molar-refractivity contribution in [3.05, 3.63) is 89.2 Å². The first-order valence-electron chi connectivity index (χ1n) is 9.61. The predicted molar refractivity (Wildman–Crippen MR) is 114 cm³/mol. The average Bonchev–Trinajstić information content (AvgIpc) is 3.09. The minimum absolute atomic E-state index is 0.259. The van der Waals surface area contributed by atoms with Crippen LogP contribution in [0.4, 0.5) is 0 Å². The quantitative estimate of drug-likeness (QED) is 0.608. The SMILES string of the molecule is Cc1ccc(Cn2cccc2CNS(=O)(=O)c2ccc(CC(C)C)cc2)cc1. The molecular weight excluding hydrogens is 368 g/mol. The lowest BCUT2D eigenvalue weighted by Crippen LogP contribution is -2.24. The maximum atomic E-state index is 12.6. The molecule has 1 heterocycles. The highest BCUT2D eigenvalue weighted by Gasteiger charge is 2.15. The zero-order valence-electron chi connectivity index (χ0n) is 16.7. The predicted octanol–water partition coefficient (Wildman–Crippen LogP) is 4.52. The molecule has 0 saturated heterocycles. The fourth-order valence-corrected chi connectivity index (χ4v) is 4.18. The number of aryl methyl sites for hydroxylation is 1. The molecule has 0 saturated carbocycles. The number of nitrogens with one attached hydrogen (secondary N) is 1. The molecule has 2 aromatic carbocycles. The topological polar surface area (TPSA) is 51.1 Å². The third-order valence-electron chi connectivity index (χ3n) is 4.72. The third-order valence-corrected chi connectivity index (χ3v) is 6.14. The standard InChI is InChI=1S/C23H28N2O2S/c1-18(2)15-20-10-12-23(13-11-20)28(26,27)24-16-22-5-4-14-25(22)17-21-8-6-19(3)7-9-21/h4-14,18,24H,15-17H2,1-3H3. The van der Waals surface area contributed by atoms with Gasteiger partial charge in [0.05, 0.1) is 11.4 Å². The van der Waals surface area contributed by atoms with E-state index < -0.39 is 10.0 Å². The van der Waals surface area contributed by atoms with E-state index in [1.807, 2.05) is 30.5 Å². The summed E-state index contributed by atoms with van der Waals surface area (Å²) in [6.45, 7) is 7.34. The van der Waals surface area contributed by atoms with Gasteiger partial charge in [0.2, 0.25) is 10.0 Å². The van der Waals surface area contributed by atoms with E-state index in [9.17, 15) is 8.42 Å². The first-order valence-corrected chi connectivity index (χ1v) is 11.1. The van der Waals surface area contributed by atoms with Crippen LogP contribution in [0.2, 0.25) is 0 Å². The van der Waals surface area contributed by atoms with Gasteiger partial charge in [0.25, 0.3) is 0 Å². The first-order chi connectivity index (χ1) is 13.3. The molecule has 0 aliphatic carbocycles. The molecular formula is C23H28N2O2S. The molecule has 0 amide bonds. The van der Waals surface area contributed by atoms with E-state index in [1.54, 1.807) is 12.1 Å². The normalized spacial score (nSPS) is 11.9. The minimum Gasteiger partial charge on any atom is -0.346 e. The molecule has 4 nitrogen and oxygen atoms in total. The molecule has 1 N–H and O–H groups in total. The van der Waals surface area contributed by atoms with Crippen LogP contribution in [-0.2, 0) is 29.5 Å². The molecule has 0 aliphatic heterocycles. The summed E-state index contributed by atoms with van der Waals surface area (Å²) < 4.78 is 30.1. The van der Waals surface area contributed by atoms with Crippen molar-refractivity contribution in [2.45, 2.75) is 45.2 Å². The van der Waals surface area contributed by atoms with Crippen molar-refractivity contribution in [3.63, 3.8) is 0 Å². The summed E-state index contributed by atoms with van der Waals surface area (Å²) in [6.07, 6.45) is 2.92. The highest BCUT2D eigenvalue weighted by Crippen LogP contribution is 2.15. The molecule has 0 unspecified atom stereocenters. The second-order valence-corrected chi connectivity index (χ2v) is 9.45. The Morgan fingerprint density at radius 2 is 1.57 bits per heavy atom. The molecule has 148 valence electrons. The zero-order valence-corrected chi connectivity index (χ0v) is 17.5. The van der Waals surface area contributed by atoms with Crippen molar-refractivity contribution < 1.29 is 8.42 Å². The summed E-state index contributed by atoms with van der Waals surface area (Å²) in [6, 6.07) is 19.4. The second kappa shape index (κ2) is 8.76. The molecule has 1 aromatic heterocycles. The van der Waals surface area contributed by atoms with Crippen molar-refractivity contribution in [1.82, 2.24) is 9.29 Å². The first kappa shape index (κ1) is 20.4. The Labute approximate surface area is 168 Å². The van der Waals surface area contributed by atoms with Crippen molar-refractivity contribution in [2.24, 2.45) is 5.92 Å². The minimum atomic E-state index is -3.54. The van der Waals surface area contributed by atoms with E-state index in [0.717, 1.165) is 17.7 Å². The Bertz CT molecular complexity index is 1000. The summed E-state index contributed by atoms with van der Waals surface area (Å²) in [4.78, 5) is 0.302. The molecule has 3 aromatic rings. The number of rotatable bonds is 8. The van der Waals surface area contributed by atoms with Gasteiger partial charge < -0.3 is 4.57 Å². The van der Waals surface area contributed by atoms with Crippen molar-refractivity contribution in [2.75, 3.05) is 0 Å². The second-order valence-electron chi connectivity index (χ2n) is 7.68. The number of aromatic nitrogens is 1. The highest BCUT2D eigenvalue weighted by molar-refractivity contribution is 7.89. The molecule has 0 spiro atoms. The van der Waals surface area contributed by atoms with Gasteiger partial charge >= 0.3 is 0 Å². The van der Waals surface area contributed by atoms with Gasteiger partial charge in [-0.05, 0) is 54.7 Å². The molecule has 3 rings (SSSR count). The van der Waals surface area contributed by atoms with Crippen molar-refractivity contribution in [1.29, 1.82) is 0 Å². The Morgan fingerprint density at radius 3 is 2.21 bits per heavy atom. The van der Waals surface area contributed by atoms with Crippen LogP contribution in [0.3, 0.4) is 0 Å². The van der Waals surface area contributed by atoms with Gasteiger partial charge in [-0.25, -0.2) is 13.1 Å².